The molecule has 1 aromatic rings. The standard InChI is InChI=1S/C9H10BrNOS/c1-9(4-5-9)11-8(12)6-2-3-7(10)13-6/h2-3H,4-5H2,1H3,(H,11,12). The van der Waals surface area contributed by atoms with E-state index in [0.29, 0.717) is 0 Å². The first kappa shape index (κ1) is 9.21. The number of thiophene rings is 1. The Kier molecular flexibility index (Phi) is 2.20. The quantitative estimate of drug-likeness (QED) is 0.870. The van der Waals surface area contributed by atoms with E-state index < -0.39 is 0 Å². The highest BCUT2D eigenvalue weighted by Gasteiger charge is 2.38. The predicted molar refractivity (Wildman–Crippen MR) is 57.1 cm³/mol. The van der Waals surface area contributed by atoms with Gasteiger partial charge in [-0.3, -0.25) is 4.79 Å². The van der Waals surface area contributed by atoms with Crippen molar-refractivity contribution in [1.29, 1.82) is 0 Å². The highest BCUT2D eigenvalue weighted by atomic mass is 79.9. The molecule has 1 amide bonds. The van der Waals surface area contributed by atoms with E-state index in [1.54, 1.807) is 0 Å². The van der Waals surface area contributed by atoms with Gasteiger partial charge >= 0.3 is 0 Å². The van der Waals surface area contributed by atoms with Gasteiger partial charge in [0.05, 0.1) is 8.66 Å². The highest BCUT2D eigenvalue weighted by molar-refractivity contribution is 9.11. The van der Waals surface area contributed by atoms with E-state index in [-0.39, 0.29) is 11.4 Å². The molecule has 0 saturated heterocycles. The van der Waals surface area contributed by atoms with E-state index in [1.165, 1.54) is 11.3 Å². The first-order valence-corrected chi connectivity index (χ1v) is 5.78. The van der Waals surface area contributed by atoms with Crippen LogP contribution in [0.25, 0.3) is 0 Å². The molecule has 1 heterocycles. The van der Waals surface area contributed by atoms with Crippen molar-refractivity contribution >= 4 is 33.2 Å². The molecule has 1 aliphatic rings. The molecule has 0 bridgehead atoms. The molecule has 2 nitrogen and oxygen atoms in total. The molecular weight excluding hydrogens is 250 g/mol. The molecule has 0 spiro atoms. The van der Waals surface area contributed by atoms with Crippen molar-refractivity contribution in [2.45, 2.75) is 25.3 Å². The lowest BCUT2D eigenvalue weighted by Gasteiger charge is -2.09. The van der Waals surface area contributed by atoms with Gasteiger partial charge in [0.1, 0.15) is 0 Å². The molecule has 0 aliphatic heterocycles. The summed E-state index contributed by atoms with van der Waals surface area (Å²) in [4.78, 5) is 12.4. The van der Waals surface area contributed by atoms with Gasteiger partial charge in [0.2, 0.25) is 0 Å². The van der Waals surface area contributed by atoms with Crippen molar-refractivity contribution in [1.82, 2.24) is 5.32 Å². The average Bonchev–Trinajstić information content (AvgIpc) is 2.62. The molecule has 1 saturated carbocycles. The van der Waals surface area contributed by atoms with Gasteiger partial charge in [-0.05, 0) is 47.8 Å². The summed E-state index contributed by atoms with van der Waals surface area (Å²) in [5.74, 6) is 0.0516. The van der Waals surface area contributed by atoms with Crippen molar-refractivity contribution < 1.29 is 4.79 Å². The van der Waals surface area contributed by atoms with Gasteiger partial charge < -0.3 is 5.32 Å². The van der Waals surface area contributed by atoms with E-state index in [9.17, 15) is 4.79 Å². The van der Waals surface area contributed by atoms with Crippen LogP contribution in [0.5, 0.6) is 0 Å². The largest absolute Gasteiger partial charge is 0.346 e. The molecule has 1 fully saturated rings. The van der Waals surface area contributed by atoms with Crippen molar-refractivity contribution in [3.05, 3.63) is 20.8 Å². The smallest absolute Gasteiger partial charge is 0.261 e. The van der Waals surface area contributed by atoms with Gasteiger partial charge in [-0.15, -0.1) is 11.3 Å². The Morgan fingerprint density at radius 1 is 1.62 bits per heavy atom. The number of hydrogen-bond acceptors (Lipinski definition) is 2. The number of rotatable bonds is 2. The number of carbonyl (C=O) groups is 1. The maximum absolute atomic E-state index is 11.6. The average molecular weight is 260 g/mol. The van der Waals surface area contributed by atoms with Crippen LogP contribution >= 0.6 is 27.3 Å². The number of hydrogen-bond donors (Lipinski definition) is 1. The number of halogens is 1. The molecule has 13 heavy (non-hydrogen) atoms. The number of carbonyl (C=O) groups excluding carboxylic acids is 1. The van der Waals surface area contributed by atoms with Crippen LogP contribution in [0.15, 0.2) is 15.9 Å². The maximum atomic E-state index is 11.6. The van der Waals surface area contributed by atoms with Crippen LogP contribution in [0.2, 0.25) is 0 Å². The fourth-order valence-corrected chi connectivity index (χ4v) is 2.37. The Morgan fingerprint density at radius 2 is 2.31 bits per heavy atom. The molecule has 0 radical (unpaired) electrons. The number of nitrogens with one attached hydrogen (secondary N) is 1. The summed E-state index contributed by atoms with van der Waals surface area (Å²) in [6.45, 7) is 2.08. The van der Waals surface area contributed by atoms with Gasteiger partial charge in [-0.1, -0.05) is 0 Å². The second kappa shape index (κ2) is 3.10. The highest BCUT2D eigenvalue weighted by Crippen LogP contribution is 2.35. The zero-order chi connectivity index (χ0) is 9.47. The van der Waals surface area contributed by atoms with Crippen LogP contribution in [-0.4, -0.2) is 11.4 Å². The minimum absolute atomic E-state index is 0.0516. The van der Waals surface area contributed by atoms with E-state index in [0.717, 1.165) is 21.5 Å². The Hall–Kier alpha value is -0.350. The molecule has 1 aliphatic carbocycles. The summed E-state index contributed by atoms with van der Waals surface area (Å²) in [7, 11) is 0. The molecule has 70 valence electrons. The summed E-state index contributed by atoms with van der Waals surface area (Å²) < 4.78 is 0.999. The van der Waals surface area contributed by atoms with Gasteiger partial charge in [-0.25, -0.2) is 0 Å². The Labute approximate surface area is 89.5 Å². The topological polar surface area (TPSA) is 29.1 Å². The van der Waals surface area contributed by atoms with Gasteiger partial charge in [0.25, 0.3) is 5.91 Å². The minimum atomic E-state index is 0.0516. The van der Waals surface area contributed by atoms with Crippen molar-refractivity contribution in [3.8, 4) is 0 Å². The van der Waals surface area contributed by atoms with Crippen molar-refractivity contribution in [3.63, 3.8) is 0 Å². The lowest BCUT2D eigenvalue weighted by Crippen LogP contribution is -2.33. The molecule has 0 atom stereocenters. The fourth-order valence-electron chi connectivity index (χ4n) is 1.08. The monoisotopic (exact) mass is 259 g/mol. The molecular formula is C9H10BrNOS. The molecule has 0 unspecified atom stereocenters. The first-order chi connectivity index (χ1) is 6.09. The molecule has 2 rings (SSSR count). The zero-order valence-electron chi connectivity index (χ0n) is 7.26. The van der Waals surface area contributed by atoms with Gasteiger partial charge in [0.15, 0.2) is 0 Å². The summed E-state index contributed by atoms with van der Waals surface area (Å²) >= 11 is 4.80. The van der Waals surface area contributed by atoms with Crippen molar-refractivity contribution in [2.75, 3.05) is 0 Å². The van der Waals surface area contributed by atoms with Crippen LogP contribution in [-0.2, 0) is 0 Å². The summed E-state index contributed by atoms with van der Waals surface area (Å²) in [5.41, 5.74) is 0.0769. The van der Waals surface area contributed by atoms with Gasteiger partial charge in [-0.2, -0.15) is 0 Å². The second-order valence-corrected chi connectivity index (χ2v) is 6.08. The Bertz CT molecular complexity index is 343. The predicted octanol–water partition coefficient (Wildman–Crippen LogP) is 2.79. The fraction of sp³-hybridized carbons (Fsp3) is 0.444. The third-order valence-corrected chi connectivity index (χ3v) is 3.83. The Morgan fingerprint density at radius 3 is 2.77 bits per heavy atom. The third-order valence-electron chi connectivity index (χ3n) is 2.21. The van der Waals surface area contributed by atoms with Crippen LogP contribution in [0, 0.1) is 0 Å². The third kappa shape index (κ3) is 2.11. The van der Waals surface area contributed by atoms with Crippen LogP contribution < -0.4 is 5.32 Å². The molecule has 1 N–H and O–H groups in total. The zero-order valence-corrected chi connectivity index (χ0v) is 9.67. The maximum Gasteiger partial charge on any atom is 0.261 e. The first-order valence-electron chi connectivity index (χ1n) is 4.17. The van der Waals surface area contributed by atoms with Gasteiger partial charge in [0, 0.05) is 5.54 Å². The van der Waals surface area contributed by atoms with E-state index >= 15 is 0 Å². The lowest BCUT2D eigenvalue weighted by atomic mass is 10.3. The molecule has 1 aromatic heterocycles. The van der Waals surface area contributed by atoms with E-state index in [1.807, 2.05) is 12.1 Å². The second-order valence-electron chi connectivity index (χ2n) is 3.62. The van der Waals surface area contributed by atoms with E-state index in [4.69, 9.17) is 0 Å². The SMILES string of the molecule is CC1(NC(=O)c2ccc(Br)s2)CC1. The Balaban J connectivity index is 2.05. The van der Waals surface area contributed by atoms with Crippen LogP contribution in [0.3, 0.4) is 0 Å². The summed E-state index contributed by atoms with van der Waals surface area (Å²) in [5, 5.41) is 3.01. The number of amides is 1. The van der Waals surface area contributed by atoms with Crippen LogP contribution in [0.4, 0.5) is 0 Å². The summed E-state index contributed by atoms with van der Waals surface area (Å²) in [6.07, 6.45) is 2.20. The molecule has 4 heteroatoms. The minimum Gasteiger partial charge on any atom is -0.346 e. The molecule has 0 aromatic carbocycles. The van der Waals surface area contributed by atoms with Crippen molar-refractivity contribution in [2.24, 2.45) is 0 Å². The lowest BCUT2D eigenvalue weighted by molar-refractivity contribution is 0.0939. The van der Waals surface area contributed by atoms with Crippen LogP contribution in [0.1, 0.15) is 29.4 Å². The normalized spacial score (nSPS) is 18.3. The summed E-state index contributed by atoms with van der Waals surface area (Å²) in [6, 6.07) is 3.74. The van der Waals surface area contributed by atoms with E-state index in [2.05, 4.69) is 28.2 Å².